The Bertz CT molecular complexity index is 1030. The lowest BCUT2D eigenvalue weighted by Gasteiger charge is -2.21. The molecule has 2 amide bonds. The molecule has 1 N–H and O–H groups in total. The Morgan fingerprint density at radius 1 is 1.17 bits per heavy atom. The molecule has 0 atom stereocenters. The van der Waals surface area contributed by atoms with Gasteiger partial charge < -0.3 is 19.7 Å². The second kappa shape index (κ2) is 9.27. The standard InChI is InChI=1S/C21H21N3O4S2/c1-2-24(20(26)10-16-13-30-21(23-16)14-5-8-29-12-14)11-19(25)22-15-3-4-17-18(9-15)28-7-6-27-17/h3-5,8-9,12-13H,2,6-7,10-11H2,1H3,(H,22,25). The highest BCUT2D eigenvalue weighted by Gasteiger charge is 2.19. The summed E-state index contributed by atoms with van der Waals surface area (Å²) in [5, 5.41) is 9.65. The molecule has 30 heavy (non-hydrogen) atoms. The number of thiophene rings is 1. The number of nitrogens with one attached hydrogen (secondary N) is 1. The first kappa shape index (κ1) is 20.4. The van der Waals surface area contributed by atoms with Crippen molar-refractivity contribution >= 4 is 40.2 Å². The topological polar surface area (TPSA) is 80.8 Å². The van der Waals surface area contributed by atoms with Gasteiger partial charge in [-0.2, -0.15) is 11.3 Å². The van der Waals surface area contributed by atoms with Crippen LogP contribution in [0.25, 0.3) is 10.6 Å². The van der Waals surface area contributed by atoms with E-state index < -0.39 is 0 Å². The maximum absolute atomic E-state index is 12.7. The molecule has 2 aromatic heterocycles. The molecule has 3 heterocycles. The molecule has 9 heteroatoms. The van der Waals surface area contributed by atoms with Crippen LogP contribution in [0.15, 0.2) is 40.4 Å². The predicted molar refractivity (Wildman–Crippen MR) is 117 cm³/mol. The molecule has 0 radical (unpaired) electrons. The van der Waals surface area contributed by atoms with Gasteiger partial charge in [0.2, 0.25) is 11.8 Å². The lowest BCUT2D eigenvalue weighted by atomic mass is 10.2. The minimum atomic E-state index is -0.265. The number of aromatic nitrogens is 1. The minimum absolute atomic E-state index is 0.0225. The third kappa shape index (κ3) is 4.80. The quantitative estimate of drug-likeness (QED) is 0.603. The summed E-state index contributed by atoms with van der Waals surface area (Å²) in [6.45, 7) is 3.26. The molecule has 0 fully saturated rings. The van der Waals surface area contributed by atoms with Gasteiger partial charge in [-0.3, -0.25) is 9.59 Å². The number of carbonyl (C=O) groups is 2. The van der Waals surface area contributed by atoms with Crippen LogP contribution in [-0.2, 0) is 16.0 Å². The summed E-state index contributed by atoms with van der Waals surface area (Å²) in [6.07, 6.45) is 0.172. The molecule has 4 rings (SSSR count). The van der Waals surface area contributed by atoms with E-state index in [4.69, 9.17) is 9.47 Å². The molecule has 7 nitrogen and oxygen atoms in total. The van der Waals surface area contributed by atoms with Gasteiger partial charge in [0.25, 0.3) is 0 Å². The maximum atomic E-state index is 12.7. The summed E-state index contributed by atoms with van der Waals surface area (Å²) >= 11 is 3.13. The Balaban J connectivity index is 1.34. The highest BCUT2D eigenvalue weighted by molar-refractivity contribution is 7.14. The van der Waals surface area contributed by atoms with Crippen molar-refractivity contribution in [2.45, 2.75) is 13.3 Å². The van der Waals surface area contributed by atoms with Crippen molar-refractivity contribution in [1.82, 2.24) is 9.88 Å². The zero-order valence-corrected chi connectivity index (χ0v) is 18.1. The fourth-order valence-electron chi connectivity index (χ4n) is 3.04. The molecular formula is C21H21N3O4S2. The summed E-state index contributed by atoms with van der Waals surface area (Å²) in [6, 6.07) is 7.26. The fraction of sp³-hybridized carbons (Fsp3) is 0.286. The van der Waals surface area contributed by atoms with Crippen molar-refractivity contribution < 1.29 is 19.1 Å². The first-order valence-corrected chi connectivity index (χ1v) is 11.4. The molecule has 3 aromatic rings. The van der Waals surface area contributed by atoms with Crippen LogP contribution in [0.3, 0.4) is 0 Å². The molecule has 0 saturated carbocycles. The highest BCUT2D eigenvalue weighted by atomic mass is 32.1. The van der Waals surface area contributed by atoms with E-state index >= 15 is 0 Å². The first-order valence-electron chi connectivity index (χ1n) is 9.56. The van der Waals surface area contributed by atoms with E-state index in [0.717, 1.165) is 16.3 Å². The van der Waals surface area contributed by atoms with E-state index in [1.165, 1.54) is 16.2 Å². The van der Waals surface area contributed by atoms with Crippen LogP contribution in [0.5, 0.6) is 11.5 Å². The summed E-state index contributed by atoms with van der Waals surface area (Å²) in [7, 11) is 0. The van der Waals surface area contributed by atoms with Crippen molar-refractivity contribution in [3.05, 3.63) is 46.1 Å². The van der Waals surface area contributed by atoms with Crippen LogP contribution in [0.4, 0.5) is 5.69 Å². The van der Waals surface area contributed by atoms with Crippen molar-refractivity contribution in [3.8, 4) is 22.1 Å². The largest absolute Gasteiger partial charge is 0.486 e. The number of hydrogen-bond acceptors (Lipinski definition) is 7. The number of carbonyl (C=O) groups excluding carboxylic acids is 2. The van der Waals surface area contributed by atoms with E-state index in [1.54, 1.807) is 29.5 Å². The Morgan fingerprint density at radius 3 is 2.77 bits per heavy atom. The molecule has 0 unspecified atom stereocenters. The number of thiazole rings is 1. The number of fused-ring (bicyclic) bond motifs is 1. The molecule has 0 saturated heterocycles. The number of nitrogens with zero attached hydrogens (tertiary/aromatic N) is 2. The van der Waals surface area contributed by atoms with E-state index in [0.29, 0.717) is 36.9 Å². The first-order chi connectivity index (χ1) is 14.6. The van der Waals surface area contributed by atoms with Crippen molar-refractivity contribution in [3.63, 3.8) is 0 Å². The monoisotopic (exact) mass is 443 g/mol. The lowest BCUT2D eigenvalue weighted by Crippen LogP contribution is -2.38. The fourth-order valence-corrected chi connectivity index (χ4v) is 4.58. The number of benzene rings is 1. The lowest BCUT2D eigenvalue weighted by molar-refractivity contribution is -0.133. The molecule has 0 spiro atoms. The Labute approximate surface area is 182 Å². The Morgan fingerprint density at radius 2 is 2.00 bits per heavy atom. The second-order valence-corrected chi connectivity index (χ2v) is 8.29. The van der Waals surface area contributed by atoms with Gasteiger partial charge in [-0.15, -0.1) is 11.3 Å². The number of ether oxygens (including phenoxy) is 2. The van der Waals surface area contributed by atoms with Gasteiger partial charge in [-0.05, 0) is 30.5 Å². The van der Waals surface area contributed by atoms with E-state index in [9.17, 15) is 9.59 Å². The molecule has 1 aromatic carbocycles. The number of amides is 2. The van der Waals surface area contributed by atoms with Crippen LogP contribution < -0.4 is 14.8 Å². The normalized spacial score (nSPS) is 12.4. The zero-order valence-electron chi connectivity index (χ0n) is 16.4. The van der Waals surface area contributed by atoms with Gasteiger partial charge in [-0.25, -0.2) is 4.98 Å². The summed E-state index contributed by atoms with van der Waals surface area (Å²) in [5.41, 5.74) is 2.39. The SMILES string of the molecule is CCN(CC(=O)Nc1ccc2c(c1)OCCO2)C(=O)Cc1csc(-c2ccsc2)n1. The van der Waals surface area contributed by atoms with E-state index in [-0.39, 0.29) is 24.8 Å². The van der Waals surface area contributed by atoms with Gasteiger partial charge in [0.15, 0.2) is 11.5 Å². The molecule has 156 valence electrons. The van der Waals surface area contributed by atoms with E-state index in [1.807, 2.05) is 29.1 Å². The molecule has 1 aliphatic heterocycles. The van der Waals surface area contributed by atoms with Crippen molar-refractivity contribution in [1.29, 1.82) is 0 Å². The van der Waals surface area contributed by atoms with Gasteiger partial charge in [-0.1, -0.05) is 0 Å². The summed E-state index contributed by atoms with van der Waals surface area (Å²) in [5.74, 6) is 0.873. The molecule has 1 aliphatic rings. The molecule has 0 bridgehead atoms. The number of hydrogen-bond donors (Lipinski definition) is 1. The van der Waals surface area contributed by atoms with Gasteiger partial charge in [0, 0.05) is 34.6 Å². The third-order valence-electron chi connectivity index (χ3n) is 4.55. The average molecular weight is 444 g/mol. The summed E-state index contributed by atoms with van der Waals surface area (Å²) in [4.78, 5) is 31.2. The zero-order chi connectivity index (χ0) is 20.9. The van der Waals surface area contributed by atoms with Crippen LogP contribution in [-0.4, -0.2) is 48.0 Å². The Hall–Kier alpha value is -2.91. The van der Waals surface area contributed by atoms with Crippen LogP contribution in [0.1, 0.15) is 12.6 Å². The van der Waals surface area contributed by atoms with Crippen LogP contribution in [0.2, 0.25) is 0 Å². The van der Waals surface area contributed by atoms with Crippen LogP contribution in [0, 0.1) is 0 Å². The molecule has 0 aliphatic carbocycles. The van der Waals surface area contributed by atoms with Gasteiger partial charge >= 0.3 is 0 Å². The number of likely N-dealkylation sites (N-methyl/N-ethyl adjacent to an activating group) is 1. The van der Waals surface area contributed by atoms with Gasteiger partial charge in [0.05, 0.1) is 18.7 Å². The molecular weight excluding hydrogens is 422 g/mol. The Kier molecular flexibility index (Phi) is 6.29. The van der Waals surface area contributed by atoms with Crippen LogP contribution >= 0.6 is 22.7 Å². The number of rotatable bonds is 7. The predicted octanol–water partition coefficient (Wildman–Crippen LogP) is 3.67. The van der Waals surface area contributed by atoms with Crippen molar-refractivity contribution in [2.24, 2.45) is 0 Å². The number of anilines is 1. The van der Waals surface area contributed by atoms with Gasteiger partial charge in [0.1, 0.15) is 18.2 Å². The third-order valence-corrected chi connectivity index (χ3v) is 6.17. The second-order valence-electron chi connectivity index (χ2n) is 6.65. The summed E-state index contributed by atoms with van der Waals surface area (Å²) < 4.78 is 11.0. The highest BCUT2D eigenvalue weighted by Crippen LogP contribution is 2.32. The maximum Gasteiger partial charge on any atom is 0.243 e. The minimum Gasteiger partial charge on any atom is -0.486 e. The van der Waals surface area contributed by atoms with E-state index in [2.05, 4.69) is 10.3 Å². The smallest absolute Gasteiger partial charge is 0.243 e. The van der Waals surface area contributed by atoms with Crippen molar-refractivity contribution in [2.75, 3.05) is 31.6 Å². The average Bonchev–Trinajstić information content (AvgIpc) is 3.44.